The van der Waals surface area contributed by atoms with E-state index in [2.05, 4.69) is 15.0 Å². The summed E-state index contributed by atoms with van der Waals surface area (Å²) < 4.78 is 4.68. The number of rotatable bonds is 5. The number of aryl methyl sites for hydroxylation is 1. The molecular formula is C18H22N2O4. The minimum atomic E-state index is -0.363. The first-order chi connectivity index (χ1) is 11.3. The van der Waals surface area contributed by atoms with Gasteiger partial charge >= 0.3 is 5.97 Å². The van der Waals surface area contributed by atoms with Gasteiger partial charge in [-0.3, -0.25) is 14.4 Å². The summed E-state index contributed by atoms with van der Waals surface area (Å²) in [6, 6.07) is 0. The first-order valence-electron chi connectivity index (χ1n) is 7.76. The molecule has 2 N–H and O–H groups in total. The van der Waals surface area contributed by atoms with Gasteiger partial charge in [-0.05, 0) is 56.9 Å². The van der Waals surface area contributed by atoms with Gasteiger partial charge in [0.05, 0.1) is 12.7 Å². The Kier molecular flexibility index (Phi) is 5.07. The third-order valence-electron chi connectivity index (χ3n) is 4.33. The Balaban J connectivity index is 2.33. The van der Waals surface area contributed by atoms with Crippen molar-refractivity contribution in [2.24, 2.45) is 0 Å². The van der Waals surface area contributed by atoms with Crippen molar-refractivity contribution in [1.29, 1.82) is 0 Å². The van der Waals surface area contributed by atoms with E-state index in [1.54, 1.807) is 6.92 Å². The Hall–Kier alpha value is -2.63. The van der Waals surface area contributed by atoms with E-state index in [1.807, 2.05) is 19.9 Å². The van der Waals surface area contributed by atoms with E-state index in [9.17, 15) is 14.4 Å². The Morgan fingerprint density at radius 3 is 2.42 bits per heavy atom. The van der Waals surface area contributed by atoms with Crippen LogP contribution in [0.5, 0.6) is 0 Å². The number of carbonyl (C=O) groups is 3. The number of methoxy groups -OCH3 is 1. The van der Waals surface area contributed by atoms with Crippen LogP contribution in [0.25, 0.3) is 6.08 Å². The zero-order valence-electron chi connectivity index (χ0n) is 14.6. The van der Waals surface area contributed by atoms with Gasteiger partial charge in [0.2, 0.25) is 0 Å². The third-order valence-corrected chi connectivity index (χ3v) is 4.33. The summed E-state index contributed by atoms with van der Waals surface area (Å²) in [7, 11) is 1.37. The summed E-state index contributed by atoms with van der Waals surface area (Å²) in [6.07, 6.45) is 2.73. The minimum Gasteiger partial charge on any atom is -0.469 e. The van der Waals surface area contributed by atoms with Crippen molar-refractivity contribution in [3.05, 3.63) is 39.4 Å². The highest BCUT2D eigenvalue weighted by Crippen LogP contribution is 2.26. The van der Waals surface area contributed by atoms with Crippen molar-refractivity contribution in [2.75, 3.05) is 7.11 Å². The molecule has 6 heteroatoms. The van der Waals surface area contributed by atoms with Gasteiger partial charge in [0.25, 0.3) is 5.91 Å². The number of esters is 1. The van der Waals surface area contributed by atoms with Gasteiger partial charge in [0, 0.05) is 23.5 Å². The van der Waals surface area contributed by atoms with Crippen molar-refractivity contribution in [2.45, 2.75) is 40.5 Å². The molecule has 0 saturated heterocycles. The van der Waals surface area contributed by atoms with Gasteiger partial charge in [-0.25, -0.2) is 0 Å². The first kappa shape index (κ1) is 17.7. The van der Waals surface area contributed by atoms with E-state index in [4.69, 9.17) is 0 Å². The van der Waals surface area contributed by atoms with Gasteiger partial charge in [-0.1, -0.05) is 0 Å². The van der Waals surface area contributed by atoms with Crippen LogP contribution in [-0.4, -0.2) is 29.8 Å². The number of hydrogen-bond acceptors (Lipinski definition) is 4. The molecule has 0 atom stereocenters. The first-order valence-corrected chi connectivity index (χ1v) is 7.76. The fourth-order valence-corrected chi connectivity index (χ4v) is 2.96. The molecule has 1 aromatic rings. The highest BCUT2D eigenvalue weighted by molar-refractivity contribution is 6.22. The van der Waals surface area contributed by atoms with Crippen LogP contribution in [0, 0.1) is 13.8 Å². The number of ether oxygens (including phenoxy) is 1. The maximum absolute atomic E-state index is 11.9. The Morgan fingerprint density at radius 1 is 1.21 bits per heavy atom. The fraction of sp³-hybridized carbons (Fsp3) is 0.389. The second-order valence-corrected chi connectivity index (χ2v) is 5.91. The lowest BCUT2D eigenvalue weighted by atomic mass is 10.0. The molecule has 0 aromatic carbocycles. The van der Waals surface area contributed by atoms with Crippen molar-refractivity contribution in [1.82, 2.24) is 10.3 Å². The van der Waals surface area contributed by atoms with E-state index in [0.29, 0.717) is 24.1 Å². The predicted molar refractivity (Wildman–Crippen MR) is 90.1 cm³/mol. The topological polar surface area (TPSA) is 88.3 Å². The van der Waals surface area contributed by atoms with E-state index < -0.39 is 0 Å². The lowest BCUT2D eigenvalue weighted by Crippen LogP contribution is -2.19. The highest BCUT2D eigenvalue weighted by Gasteiger charge is 2.27. The maximum atomic E-state index is 11.9. The van der Waals surface area contributed by atoms with Crippen LogP contribution in [-0.2, 0) is 25.5 Å². The van der Waals surface area contributed by atoms with Gasteiger partial charge in [-0.15, -0.1) is 0 Å². The van der Waals surface area contributed by atoms with Gasteiger partial charge < -0.3 is 15.0 Å². The largest absolute Gasteiger partial charge is 0.469 e. The molecular weight excluding hydrogens is 308 g/mol. The van der Waals surface area contributed by atoms with E-state index in [0.717, 1.165) is 22.5 Å². The lowest BCUT2D eigenvalue weighted by Gasteiger charge is -2.03. The maximum Gasteiger partial charge on any atom is 0.305 e. The number of aromatic amines is 1. The number of H-pyrrole nitrogens is 1. The molecule has 24 heavy (non-hydrogen) atoms. The van der Waals surface area contributed by atoms with Gasteiger partial charge in [0.15, 0.2) is 5.78 Å². The number of ketones is 1. The zero-order chi connectivity index (χ0) is 18.0. The number of nitrogens with one attached hydrogen (secondary N) is 2. The van der Waals surface area contributed by atoms with Crippen LogP contribution in [0.4, 0.5) is 0 Å². The van der Waals surface area contributed by atoms with Crippen LogP contribution >= 0.6 is 0 Å². The van der Waals surface area contributed by atoms with Crippen molar-refractivity contribution in [3.63, 3.8) is 0 Å². The van der Waals surface area contributed by atoms with Crippen LogP contribution in [0.3, 0.4) is 0 Å². The zero-order valence-corrected chi connectivity index (χ0v) is 14.6. The predicted octanol–water partition coefficient (Wildman–Crippen LogP) is 2.11. The van der Waals surface area contributed by atoms with E-state index in [-0.39, 0.29) is 23.2 Å². The minimum absolute atomic E-state index is 0.202. The SMILES string of the molecule is COC(=O)CCc1c(C)[nH]c(/C=C2\NC(=O)C(C(C)=O)=C2C)c1C. The van der Waals surface area contributed by atoms with E-state index in [1.165, 1.54) is 14.0 Å². The Morgan fingerprint density at radius 2 is 1.88 bits per heavy atom. The van der Waals surface area contributed by atoms with Gasteiger partial charge in [-0.2, -0.15) is 0 Å². The molecule has 2 rings (SSSR count). The summed E-state index contributed by atoms with van der Waals surface area (Å²) in [5, 5.41) is 2.73. The molecule has 0 radical (unpaired) electrons. The molecule has 2 heterocycles. The lowest BCUT2D eigenvalue weighted by molar-refractivity contribution is -0.140. The number of allylic oxidation sites excluding steroid dienone is 1. The molecule has 0 bridgehead atoms. The van der Waals surface area contributed by atoms with Crippen molar-refractivity contribution in [3.8, 4) is 0 Å². The quantitative estimate of drug-likeness (QED) is 0.639. The molecule has 1 amide bonds. The van der Waals surface area contributed by atoms with Crippen LogP contribution in [0.2, 0.25) is 0 Å². The summed E-state index contributed by atoms with van der Waals surface area (Å²) >= 11 is 0. The average molecular weight is 330 g/mol. The summed E-state index contributed by atoms with van der Waals surface area (Å²) in [5.41, 5.74) is 5.37. The summed E-state index contributed by atoms with van der Waals surface area (Å²) in [6.45, 7) is 7.04. The normalized spacial score (nSPS) is 15.9. The van der Waals surface area contributed by atoms with Gasteiger partial charge in [0.1, 0.15) is 0 Å². The molecule has 1 aliphatic rings. The van der Waals surface area contributed by atoms with Crippen molar-refractivity contribution >= 4 is 23.7 Å². The van der Waals surface area contributed by atoms with Crippen LogP contribution in [0.15, 0.2) is 16.8 Å². The van der Waals surface area contributed by atoms with E-state index >= 15 is 0 Å². The number of amides is 1. The second kappa shape index (κ2) is 6.86. The molecule has 0 saturated carbocycles. The standard InChI is InChI=1S/C18H22N2O4/c1-9-13(6-7-16(22)24-5)11(3)19-14(9)8-15-10(2)17(12(4)21)18(23)20-15/h8,19H,6-7H2,1-5H3,(H,20,23)/b15-8-. The molecule has 1 aromatic heterocycles. The Labute approximate surface area is 141 Å². The molecule has 0 fully saturated rings. The Bertz CT molecular complexity index is 781. The number of hydrogen-bond donors (Lipinski definition) is 2. The number of Topliss-reactive ketones (excluding diaryl/α,β-unsaturated/α-hetero) is 1. The summed E-state index contributed by atoms with van der Waals surface area (Å²) in [4.78, 5) is 38.1. The monoisotopic (exact) mass is 330 g/mol. The van der Waals surface area contributed by atoms with Crippen molar-refractivity contribution < 1.29 is 19.1 Å². The number of aromatic nitrogens is 1. The fourth-order valence-electron chi connectivity index (χ4n) is 2.96. The highest BCUT2D eigenvalue weighted by atomic mass is 16.5. The average Bonchev–Trinajstić information content (AvgIpc) is 2.94. The number of carbonyl (C=O) groups excluding carboxylic acids is 3. The molecule has 6 nitrogen and oxygen atoms in total. The molecule has 0 unspecified atom stereocenters. The smallest absolute Gasteiger partial charge is 0.305 e. The molecule has 0 aliphatic carbocycles. The van der Waals surface area contributed by atoms with Crippen LogP contribution < -0.4 is 5.32 Å². The summed E-state index contributed by atoms with van der Waals surface area (Å²) in [5.74, 6) is -0.854. The molecule has 128 valence electrons. The van der Waals surface area contributed by atoms with Crippen LogP contribution in [0.1, 0.15) is 42.8 Å². The molecule has 0 spiro atoms. The third kappa shape index (κ3) is 3.32. The second-order valence-electron chi connectivity index (χ2n) is 5.91. The molecule has 1 aliphatic heterocycles.